The van der Waals surface area contributed by atoms with E-state index >= 15 is 0 Å². The molecule has 0 bridgehead atoms. The Hall–Kier alpha value is -4.38. The summed E-state index contributed by atoms with van der Waals surface area (Å²) in [5.41, 5.74) is 6.56. The second-order valence-corrected chi connectivity index (χ2v) is 14.7. The first kappa shape index (κ1) is 33.1. The molecule has 2 aromatic heterocycles. The Balaban J connectivity index is 1.23. The van der Waals surface area contributed by atoms with E-state index in [1.165, 1.54) is 0 Å². The van der Waals surface area contributed by atoms with Crippen LogP contribution < -0.4 is 15.5 Å². The van der Waals surface area contributed by atoms with Crippen LogP contribution in [0.1, 0.15) is 80.9 Å². The molecule has 2 N–H and O–H groups in total. The summed E-state index contributed by atoms with van der Waals surface area (Å²) in [7, 11) is 1.62. The number of amides is 2. The zero-order valence-corrected chi connectivity index (χ0v) is 29.1. The van der Waals surface area contributed by atoms with Gasteiger partial charge in [-0.1, -0.05) is 18.2 Å². The Bertz CT molecular complexity index is 1930. The van der Waals surface area contributed by atoms with Crippen molar-refractivity contribution in [3.8, 4) is 11.3 Å². The average Bonchev–Trinajstić information content (AvgIpc) is 3.58. The molecule has 7 rings (SSSR count). The first-order chi connectivity index (χ1) is 23.4. The average molecular weight is 670 g/mol. The van der Waals surface area contributed by atoms with Crippen LogP contribution in [0.4, 0.5) is 26.0 Å². The highest BCUT2D eigenvalue weighted by Gasteiger charge is 2.50. The molecule has 1 saturated heterocycles. The fourth-order valence-electron chi connectivity index (χ4n) is 7.86. The van der Waals surface area contributed by atoms with Crippen molar-refractivity contribution in [3.05, 3.63) is 65.5 Å². The molecule has 2 amide bonds. The lowest BCUT2D eigenvalue weighted by atomic mass is 9.82. The Morgan fingerprint density at radius 2 is 1.84 bits per heavy atom. The minimum atomic E-state index is -2.29. The van der Waals surface area contributed by atoms with Crippen LogP contribution in [0.3, 0.4) is 0 Å². The standard InChI is InChI=1S/C38H45F2N7O2/c1-21(2)46-20-42-31-18-30(44-35(33(31)46)43-25-11-9-22(3)28(15-25)36(48)41-6)23-10-12-29-32(14-23)47(37(49)38(29,4)5)27-16-26(17-27)45-13-7-8-24(19-45)34(39)40/h9-12,14-15,18,20-21,24,26-27,34H,7-8,13,16-17,19H2,1-6H3,(H,41,48)(H,43,44)/t24-,26?,27?/m0/s1. The summed E-state index contributed by atoms with van der Waals surface area (Å²) in [4.78, 5) is 40.6. The van der Waals surface area contributed by atoms with Crippen LogP contribution in [0.5, 0.6) is 0 Å². The first-order valence-electron chi connectivity index (χ1n) is 17.4. The first-order valence-corrected chi connectivity index (χ1v) is 17.4. The maximum absolute atomic E-state index is 14.0. The van der Waals surface area contributed by atoms with Crippen LogP contribution in [0, 0.1) is 12.8 Å². The summed E-state index contributed by atoms with van der Waals surface area (Å²) in [5, 5.41) is 6.19. The summed E-state index contributed by atoms with van der Waals surface area (Å²) in [6, 6.07) is 14.1. The molecule has 9 nitrogen and oxygen atoms in total. The fourth-order valence-corrected chi connectivity index (χ4v) is 7.86. The molecule has 4 aromatic rings. The van der Waals surface area contributed by atoms with Crippen LogP contribution in [-0.4, -0.2) is 69.9 Å². The lowest BCUT2D eigenvalue weighted by Crippen LogP contribution is -2.58. The highest BCUT2D eigenvalue weighted by Crippen LogP contribution is 2.48. The number of fused-ring (bicyclic) bond motifs is 2. The van der Waals surface area contributed by atoms with Crippen molar-refractivity contribution in [1.29, 1.82) is 0 Å². The number of imidazole rings is 1. The molecule has 1 aliphatic carbocycles. The molecular weight excluding hydrogens is 624 g/mol. The van der Waals surface area contributed by atoms with Crippen LogP contribution in [-0.2, 0) is 10.2 Å². The van der Waals surface area contributed by atoms with Gasteiger partial charge in [-0.2, -0.15) is 0 Å². The molecule has 1 atom stereocenters. The molecular formula is C38H45F2N7O2. The van der Waals surface area contributed by atoms with E-state index in [-0.39, 0.29) is 29.9 Å². The maximum Gasteiger partial charge on any atom is 0.251 e. The number of alkyl halides is 2. The highest BCUT2D eigenvalue weighted by molar-refractivity contribution is 6.09. The number of pyridine rings is 1. The molecule has 2 aromatic carbocycles. The van der Waals surface area contributed by atoms with Gasteiger partial charge in [-0.15, -0.1) is 0 Å². The van der Waals surface area contributed by atoms with Gasteiger partial charge in [-0.25, -0.2) is 18.7 Å². The topological polar surface area (TPSA) is 95.4 Å². The van der Waals surface area contributed by atoms with Gasteiger partial charge in [0, 0.05) is 60.1 Å². The van der Waals surface area contributed by atoms with Crippen molar-refractivity contribution < 1.29 is 18.4 Å². The molecule has 3 aliphatic rings. The number of likely N-dealkylation sites (tertiary alicyclic amines) is 1. The quantitative estimate of drug-likeness (QED) is 0.206. The Labute approximate surface area is 286 Å². The van der Waals surface area contributed by atoms with E-state index in [9.17, 15) is 18.4 Å². The number of aromatic nitrogens is 3. The lowest BCUT2D eigenvalue weighted by molar-refractivity contribution is -0.123. The Kier molecular flexibility index (Phi) is 8.45. The molecule has 258 valence electrons. The monoisotopic (exact) mass is 669 g/mol. The summed E-state index contributed by atoms with van der Waals surface area (Å²) in [6.07, 6.45) is 2.46. The smallest absolute Gasteiger partial charge is 0.251 e. The van der Waals surface area contributed by atoms with Gasteiger partial charge in [0.2, 0.25) is 12.3 Å². The van der Waals surface area contributed by atoms with Crippen molar-refractivity contribution in [2.24, 2.45) is 5.92 Å². The number of hydrogen-bond donors (Lipinski definition) is 2. The zero-order chi connectivity index (χ0) is 34.8. The van der Waals surface area contributed by atoms with Crippen LogP contribution >= 0.6 is 0 Å². The van der Waals surface area contributed by atoms with E-state index in [1.807, 2.05) is 68.4 Å². The minimum absolute atomic E-state index is 0.0191. The highest BCUT2D eigenvalue weighted by atomic mass is 19.3. The summed E-state index contributed by atoms with van der Waals surface area (Å²) in [5.74, 6) is -0.0421. The van der Waals surface area contributed by atoms with E-state index < -0.39 is 17.8 Å². The third-order valence-corrected chi connectivity index (χ3v) is 10.9. The maximum atomic E-state index is 14.0. The zero-order valence-electron chi connectivity index (χ0n) is 29.1. The number of piperidine rings is 1. The molecule has 0 spiro atoms. The number of nitrogens with one attached hydrogen (secondary N) is 2. The van der Waals surface area contributed by atoms with Gasteiger partial charge in [-0.05, 0) is 102 Å². The molecule has 49 heavy (non-hydrogen) atoms. The predicted molar refractivity (Wildman–Crippen MR) is 189 cm³/mol. The number of rotatable bonds is 8. The lowest BCUT2D eigenvalue weighted by Gasteiger charge is -2.49. The van der Waals surface area contributed by atoms with Crippen LogP contribution in [0.15, 0.2) is 48.8 Å². The SMILES string of the molecule is CNC(=O)c1cc(Nc2nc(-c3ccc4c(c3)N(C3CC(N5CCC[C@H](C(F)F)C5)C3)C(=O)C4(C)C)cc3ncn(C(C)C)c23)ccc1C. The summed E-state index contributed by atoms with van der Waals surface area (Å²) in [6.45, 7) is 11.3. The summed E-state index contributed by atoms with van der Waals surface area (Å²) < 4.78 is 29.1. The Morgan fingerprint density at radius 1 is 1.06 bits per heavy atom. The van der Waals surface area contributed by atoms with E-state index in [0.717, 1.165) is 64.9 Å². The third kappa shape index (κ3) is 5.75. The molecule has 0 radical (unpaired) electrons. The fraction of sp³-hybridized carbons (Fsp3) is 0.474. The van der Waals surface area contributed by atoms with Crippen molar-refractivity contribution >= 4 is 40.0 Å². The van der Waals surface area contributed by atoms with Gasteiger partial charge in [-0.3, -0.25) is 14.5 Å². The molecule has 2 fully saturated rings. The predicted octanol–water partition coefficient (Wildman–Crippen LogP) is 7.22. The van der Waals surface area contributed by atoms with Gasteiger partial charge in [0.1, 0.15) is 5.52 Å². The normalized spacial score (nSPS) is 22.1. The molecule has 0 unspecified atom stereocenters. The van der Waals surface area contributed by atoms with Crippen LogP contribution in [0.25, 0.3) is 22.3 Å². The van der Waals surface area contributed by atoms with E-state index in [4.69, 9.17) is 9.97 Å². The Morgan fingerprint density at radius 3 is 2.55 bits per heavy atom. The van der Waals surface area contributed by atoms with Crippen molar-refractivity contribution in [1.82, 2.24) is 24.8 Å². The molecule has 4 heterocycles. The van der Waals surface area contributed by atoms with Gasteiger partial charge < -0.3 is 20.1 Å². The van der Waals surface area contributed by atoms with Crippen molar-refractivity contribution in [2.75, 3.05) is 30.4 Å². The number of aryl methyl sites for hydroxylation is 1. The number of nitrogens with zero attached hydrogens (tertiary/aromatic N) is 5. The third-order valence-electron chi connectivity index (χ3n) is 10.9. The van der Waals surface area contributed by atoms with Gasteiger partial charge >= 0.3 is 0 Å². The number of benzene rings is 2. The molecule has 1 saturated carbocycles. The number of halogens is 2. The van der Waals surface area contributed by atoms with Gasteiger partial charge in [0.05, 0.1) is 23.0 Å². The second kappa shape index (κ2) is 12.5. The van der Waals surface area contributed by atoms with Crippen molar-refractivity contribution in [3.63, 3.8) is 0 Å². The number of carbonyl (C=O) groups is 2. The second-order valence-electron chi connectivity index (χ2n) is 14.7. The minimum Gasteiger partial charge on any atom is -0.355 e. The number of anilines is 3. The molecule has 11 heteroatoms. The van der Waals surface area contributed by atoms with Crippen LogP contribution in [0.2, 0.25) is 0 Å². The van der Waals surface area contributed by atoms with Gasteiger partial charge in [0.25, 0.3) is 5.91 Å². The number of hydrogen-bond acceptors (Lipinski definition) is 6. The van der Waals surface area contributed by atoms with E-state index in [0.29, 0.717) is 30.0 Å². The van der Waals surface area contributed by atoms with E-state index in [2.05, 4.69) is 40.0 Å². The van der Waals surface area contributed by atoms with Gasteiger partial charge in [0.15, 0.2) is 5.82 Å². The summed E-state index contributed by atoms with van der Waals surface area (Å²) >= 11 is 0. The molecule has 2 aliphatic heterocycles. The van der Waals surface area contributed by atoms with Crippen molar-refractivity contribution in [2.45, 2.75) is 90.3 Å². The largest absolute Gasteiger partial charge is 0.355 e. The number of carbonyl (C=O) groups excluding carboxylic acids is 2. The van der Waals surface area contributed by atoms with E-state index in [1.54, 1.807) is 7.05 Å².